The quantitative estimate of drug-likeness (QED) is 0.573. The van der Waals surface area contributed by atoms with Gasteiger partial charge in [-0.2, -0.15) is 0 Å². The van der Waals surface area contributed by atoms with E-state index < -0.39 is 17.4 Å². The topological polar surface area (TPSA) is 67.4 Å². The summed E-state index contributed by atoms with van der Waals surface area (Å²) in [5, 5.41) is 5.51. The summed E-state index contributed by atoms with van der Waals surface area (Å²) in [5.74, 6) is -0.416. The molecule has 0 bridgehead atoms. The summed E-state index contributed by atoms with van der Waals surface area (Å²) in [6, 6.07) is 15.2. The zero-order valence-electron chi connectivity index (χ0n) is 13.1. The van der Waals surface area contributed by atoms with E-state index in [1.54, 1.807) is 24.3 Å². The first kappa shape index (κ1) is 16.8. The third-order valence-corrected chi connectivity index (χ3v) is 4.65. The summed E-state index contributed by atoms with van der Waals surface area (Å²) in [5.41, 5.74) is 0.132. The summed E-state index contributed by atoms with van der Waals surface area (Å²) in [6.07, 6.45) is 0.691. The smallest absolute Gasteiger partial charge is 0.278 e. The van der Waals surface area contributed by atoms with Gasteiger partial charge in [-0.05, 0) is 65.8 Å². The minimum absolute atomic E-state index is 0.438. The van der Waals surface area contributed by atoms with Crippen LogP contribution in [0.5, 0.6) is 5.75 Å². The molecule has 0 spiro atoms. The normalized spacial score (nSPS) is 19.0. The standard InChI is InChI=1S/C18H17IN2O3/c1-18(17(23)21-14-4-2-3-5-15(14)24-18)16(22)20-11-10-12-6-8-13(19)9-7-12/h2-9H,10-11H2,1H3,(H,20,22)(H,21,23). The minimum Gasteiger partial charge on any atom is -0.466 e. The van der Waals surface area contributed by atoms with Gasteiger partial charge in [-0.1, -0.05) is 24.3 Å². The Morgan fingerprint density at radius 3 is 2.67 bits per heavy atom. The molecule has 0 radical (unpaired) electrons. The fourth-order valence-electron chi connectivity index (χ4n) is 2.46. The molecule has 124 valence electrons. The van der Waals surface area contributed by atoms with E-state index >= 15 is 0 Å². The highest BCUT2D eigenvalue weighted by atomic mass is 127. The Bertz CT molecular complexity index is 776. The summed E-state index contributed by atoms with van der Waals surface area (Å²) in [6.45, 7) is 1.92. The number of benzene rings is 2. The zero-order valence-corrected chi connectivity index (χ0v) is 15.3. The van der Waals surface area contributed by atoms with Crippen LogP contribution in [-0.2, 0) is 16.0 Å². The molecule has 1 atom stereocenters. The van der Waals surface area contributed by atoms with Gasteiger partial charge in [0.2, 0.25) is 0 Å². The maximum Gasteiger partial charge on any atom is 0.278 e. The van der Waals surface area contributed by atoms with Crippen LogP contribution in [0.15, 0.2) is 48.5 Å². The van der Waals surface area contributed by atoms with Crippen molar-refractivity contribution < 1.29 is 14.3 Å². The fraction of sp³-hybridized carbons (Fsp3) is 0.222. The second-order valence-corrected chi connectivity index (χ2v) is 6.96. The van der Waals surface area contributed by atoms with Crippen molar-refractivity contribution in [1.82, 2.24) is 5.32 Å². The molecule has 1 unspecified atom stereocenters. The van der Waals surface area contributed by atoms with Crippen LogP contribution in [0.3, 0.4) is 0 Å². The number of halogens is 1. The number of nitrogens with one attached hydrogen (secondary N) is 2. The van der Waals surface area contributed by atoms with Gasteiger partial charge in [-0.3, -0.25) is 9.59 Å². The van der Waals surface area contributed by atoms with Gasteiger partial charge in [-0.15, -0.1) is 0 Å². The van der Waals surface area contributed by atoms with E-state index in [9.17, 15) is 9.59 Å². The average Bonchev–Trinajstić information content (AvgIpc) is 2.57. The van der Waals surface area contributed by atoms with Crippen LogP contribution in [0.4, 0.5) is 5.69 Å². The molecule has 2 amide bonds. The first-order valence-corrected chi connectivity index (χ1v) is 8.69. The molecule has 3 rings (SSSR count). The first-order valence-electron chi connectivity index (χ1n) is 7.61. The number of rotatable bonds is 4. The van der Waals surface area contributed by atoms with Gasteiger partial charge in [0.1, 0.15) is 5.75 Å². The minimum atomic E-state index is -1.57. The molecule has 24 heavy (non-hydrogen) atoms. The second kappa shape index (κ2) is 6.80. The second-order valence-electron chi connectivity index (χ2n) is 5.72. The summed E-state index contributed by atoms with van der Waals surface area (Å²) < 4.78 is 6.85. The van der Waals surface area contributed by atoms with E-state index in [2.05, 4.69) is 33.2 Å². The Kier molecular flexibility index (Phi) is 4.75. The molecule has 1 heterocycles. The van der Waals surface area contributed by atoms with Crippen LogP contribution in [0.1, 0.15) is 12.5 Å². The summed E-state index contributed by atoms with van der Waals surface area (Å²) >= 11 is 2.25. The Labute approximate surface area is 153 Å². The van der Waals surface area contributed by atoms with Gasteiger partial charge in [0.15, 0.2) is 0 Å². The Balaban J connectivity index is 1.63. The average molecular weight is 436 g/mol. The molecule has 1 aliphatic heterocycles. The maximum atomic E-state index is 12.5. The van der Waals surface area contributed by atoms with Crippen LogP contribution in [0.25, 0.3) is 0 Å². The maximum absolute atomic E-state index is 12.5. The lowest BCUT2D eigenvalue weighted by Crippen LogP contribution is -2.58. The molecule has 2 N–H and O–H groups in total. The molecule has 5 nitrogen and oxygen atoms in total. The molecule has 6 heteroatoms. The van der Waals surface area contributed by atoms with Gasteiger partial charge >= 0.3 is 0 Å². The van der Waals surface area contributed by atoms with Crippen molar-refractivity contribution in [3.63, 3.8) is 0 Å². The largest absolute Gasteiger partial charge is 0.466 e. The predicted octanol–water partition coefficient (Wildman–Crippen LogP) is 2.74. The number of anilines is 1. The summed E-state index contributed by atoms with van der Waals surface area (Å²) in [4.78, 5) is 24.8. The number of hydrogen-bond acceptors (Lipinski definition) is 3. The lowest BCUT2D eigenvalue weighted by Gasteiger charge is -2.33. The number of hydrogen-bond donors (Lipinski definition) is 2. The van der Waals surface area contributed by atoms with Crippen LogP contribution >= 0.6 is 22.6 Å². The van der Waals surface area contributed by atoms with Crippen molar-refractivity contribution in [2.45, 2.75) is 18.9 Å². The van der Waals surface area contributed by atoms with Crippen LogP contribution < -0.4 is 15.4 Å². The first-order chi connectivity index (χ1) is 11.5. The molecule has 0 saturated heterocycles. The summed E-state index contributed by atoms with van der Waals surface area (Å²) in [7, 11) is 0. The van der Waals surface area contributed by atoms with Gasteiger partial charge in [0, 0.05) is 10.1 Å². The van der Waals surface area contributed by atoms with Gasteiger partial charge in [0.25, 0.3) is 17.4 Å². The molecule has 2 aromatic carbocycles. The van der Waals surface area contributed by atoms with Crippen LogP contribution in [0.2, 0.25) is 0 Å². The highest BCUT2D eigenvalue weighted by Crippen LogP contribution is 2.33. The molecule has 2 aromatic rings. The SMILES string of the molecule is CC1(C(=O)NCCc2ccc(I)cc2)Oc2ccccc2NC1=O. The van der Waals surface area contributed by atoms with Crippen molar-refractivity contribution in [2.75, 3.05) is 11.9 Å². The Morgan fingerprint density at radius 2 is 1.92 bits per heavy atom. The lowest BCUT2D eigenvalue weighted by molar-refractivity contribution is -0.146. The van der Waals surface area contributed by atoms with Crippen LogP contribution in [-0.4, -0.2) is 24.0 Å². The molecular weight excluding hydrogens is 419 g/mol. The predicted molar refractivity (Wildman–Crippen MR) is 100.0 cm³/mol. The number of ether oxygens (including phenoxy) is 1. The molecule has 0 saturated carbocycles. The molecule has 1 aliphatic rings. The van der Waals surface area contributed by atoms with Gasteiger partial charge < -0.3 is 15.4 Å². The highest BCUT2D eigenvalue weighted by Gasteiger charge is 2.46. The van der Waals surface area contributed by atoms with E-state index in [1.165, 1.54) is 10.5 Å². The Morgan fingerprint density at radius 1 is 1.21 bits per heavy atom. The van der Waals surface area contributed by atoms with Crippen LogP contribution in [0, 0.1) is 3.57 Å². The van der Waals surface area contributed by atoms with E-state index in [-0.39, 0.29) is 0 Å². The fourth-order valence-corrected chi connectivity index (χ4v) is 2.82. The van der Waals surface area contributed by atoms with Crippen molar-refractivity contribution in [3.05, 3.63) is 57.7 Å². The van der Waals surface area contributed by atoms with Crippen molar-refractivity contribution in [3.8, 4) is 5.75 Å². The highest BCUT2D eigenvalue weighted by molar-refractivity contribution is 14.1. The monoisotopic (exact) mass is 436 g/mol. The number of carbonyl (C=O) groups is 2. The van der Waals surface area contributed by atoms with Gasteiger partial charge in [0.05, 0.1) is 5.69 Å². The number of amides is 2. The van der Waals surface area contributed by atoms with E-state index in [0.717, 1.165) is 5.56 Å². The molecule has 0 aliphatic carbocycles. The third-order valence-electron chi connectivity index (χ3n) is 3.93. The molecule has 0 aromatic heterocycles. The number of fused-ring (bicyclic) bond motifs is 1. The number of carbonyl (C=O) groups excluding carboxylic acids is 2. The Hall–Kier alpha value is -2.09. The zero-order chi connectivity index (χ0) is 17.2. The van der Waals surface area contributed by atoms with Gasteiger partial charge in [-0.25, -0.2) is 0 Å². The lowest BCUT2D eigenvalue weighted by atomic mass is 10.0. The van der Waals surface area contributed by atoms with Crippen molar-refractivity contribution in [2.24, 2.45) is 0 Å². The van der Waals surface area contributed by atoms with Crippen molar-refractivity contribution in [1.29, 1.82) is 0 Å². The number of para-hydroxylation sites is 2. The third kappa shape index (κ3) is 3.38. The van der Waals surface area contributed by atoms with E-state index in [1.807, 2.05) is 24.3 Å². The molecule has 0 fully saturated rings. The molecular formula is C18H17IN2O3. The van der Waals surface area contributed by atoms with Crippen molar-refractivity contribution >= 4 is 40.1 Å². The van der Waals surface area contributed by atoms with E-state index in [0.29, 0.717) is 24.4 Å². The van der Waals surface area contributed by atoms with E-state index in [4.69, 9.17) is 4.74 Å².